The summed E-state index contributed by atoms with van der Waals surface area (Å²) >= 11 is 0. The fraction of sp³-hybridized carbons (Fsp3) is 0.516. The number of alkyl carbamates (subject to hydrolysis) is 1. The molecule has 0 aliphatic heterocycles. The largest absolute Gasteiger partial charge is 0.444 e. The molecule has 2 unspecified atom stereocenters. The van der Waals surface area contributed by atoms with Gasteiger partial charge >= 0.3 is 6.09 Å². The van der Waals surface area contributed by atoms with Crippen LogP contribution in [0.1, 0.15) is 81.3 Å². The predicted molar refractivity (Wildman–Crippen MR) is 151 cm³/mol. The lowest BCUT2D eigenvalue weighted by Crippen LogP contribution is -2.55. The van der Waals surface area contributed by atoms with E-state index in [2.05, 4.69) is 10.6 Å². The molecular weight excluding hydrogens is 478 g/mol. The number of carbonyl (C=O) groups excluding carboxylic acids is 3. The molecule has 206 valence electrons. The van der Waals surface area contributed by atoms with Crippen LogP contribution < -0.4 is 10.6 Å². The summed E-state index contributed by atoms with van der Waals surface area (Å²) in [4.78, 5) is 42.6. The Morgan fingerprint density at radius 2 is 1.53 bits per heavy atom. The van der Waals surface area contributed by atoms with Crippen LogP contribution in [0, 0.1) is 33.6 Å². The van der Waals surface area contributed by atoms with Crippen LogP contribution in [-0.2, 0) is 14.3 Å². The minimum absolute atomic E-state index is 0.0838. The number of hydrogen-bond acceptors (Lipinski definition) is 4. The number of carbonyl (C=O) groups is 3. The first-order valence-electron chi connectivity index (χ1n) is 13.5. The number of nitrogens with one attached hydrogen (secondary N) is 2. The molecule has 0 radical (unpaired) electrons. The molecule has 3 amide bonds. The molecule has 2 N–H and O–H groups in total. The van der Waals surface area contributed by atoms with Crippen molar-refractivity contribution in [1.29, 1.82) is 0 Å². The first kappa shape index (κ1) is 29.2. The first-order valence-corrected chi connectivity index (χ1v) is 13.5. The van der Waals surface area contributed by atoms with Crippen LogP contribution in [0.15, 0.2) is 36.4 Å². The molecule has 38 heavy (non-hydrogen) atoms. The molecule has 2 aromatic carbocycles. The second kappa shape index (κ2) is 11.6. The van der Waals surface area contributed by atoms with E-state index in [9.17, 15) is 14.4 Å². The van der Waals surface area contributed by atoms with Crippen LogP contribution in [0.4, 0.5) is 10.5 Å². The molecule has 0 saturated heterocycles. The highest BCUT2D eigenvalue weighted by Crippen LogP contribution is 2.37. The first-order chi connectivity index (χ1) is 17.7. The lowest BCUT2D eigenvalue weighted by Gasteiger charge is -2.36. The molecule has 7 heteroatoms. The monoisotopic (exact) mass is 521 g/mol. The van der Waals surface area contributed by atoms with E-state index in [1.807, 2.05) is 77.9 Å². The molecular formula is C31H43N3O4. The topological polar surface area (TPSA) is 87.7 Å². The summed E-state index contributed by atoms with van der Waals surface area (Å²) < 4.78 is 5.45. The average molecular weight is 522 g/mol. The third-order valence-electron chi connectivity index (χ3n) is 6.90. The SMILES string of the molecule is Cc1ccc(C(C(=O)Nc2c(C)cccc2C)N(C(=O)C(NC(=O)OC(C)(C)C)C(C)C)C2CC2)cc1C. The van der Waals surface area contributed by atoms with Gasteiger partial charge in [0.2, 0.25) is 5.91 Å². The van der Waals surface area contributed by atoms with Crippen molar-refractivity contribution in [3.63, 3.8) is 0 Å². The molecule has 2 aromatic rings. The summed E-state index contributed by atoms with van der Waals surface area (Å²) in [5, 5.41) is 5.91. The van der Waals surface area contributed by atoms with E-state index in [0.717, 1.165) is 46.3 Å². The summed E-state index contributed by atoms with van der Waals surface area (Å²) in [6.45, 7) is 17.0. The number of hydrogen-bond donors (Lipinski definition) is 2. The fourth-order valence-electron chi connectivity index (χ4n) is 4.56. The second-order valence-electron chi connectivity index (χ2n) is 11.8. The zero-order valence-corrected chi connectivity index (χ0v) is 24.3. The number of para-hydroxylation sites is 1. The van der Waals surface area contributed by atoms with E-state index in [0.29, 0.717) is 0 Å². The van der Waals surface area contributed by atoms with Gasteiger partial charge in [-0.15, -0.1) is 0 Å². The fourth-order valence-corrected chi connectivity index (χ4v) is 4.56. The molecule has 1 aliphatic rings. The third-order valence-corrected chi connectivity index (χ3v) is 6.90. The Labute approximate surface area is 227 Å². The van der Waals surface area contributed by atoms with Crippen LogP contribution in [0.3, 0.4) is 0 Å². The Bertz CT molecular complexity index is 1170. The molecule has 1 fully saturated rings. The van der Waals surface area contributed by atoms with Gasteiger partial charge in [-0.1, -0.05) is 50.2 Å². The van der Waals surface area contributed by atoms with Crippen molar-refractivity contribution < 1.29 is 19.1 Å². The van der Waals surface area contributed by atoms with Crippen LogP contribution in [0.5, 0.6) is 0 Å². The van der Waals surface area contributed by atoms with Crippen LogP contribution in [0.25, 0.3) is 0 Å². The lowest BCUT2D eigenvalue weighted by atomic mass is 9.96. The standard InChI is InChI=1S/C31H43N3O4/c1-18(2)25(33-30(37)38-31(7,8)9)29(36)34(24-15-16-24)27(23-14-13-19(3)22(6)17-23)28(35)32-26-20(4)11-10-12-21(26)5/h10-14,17-18,24-25,27H,15-16H2,1-9H3,(H,32,35)(H,33,37). The second-order valence-corrected chi connectivity index (χ2v) is 11.8. The van der Waals surface area contributed by atoms with Crippen molar-refractivity contribution in [2.45, 2.75) is 98.9 Å². The number of rotatable bonds is 8. The lowest BCUT2D eigenvalue weighted by molar-refractivity contribution is -0.142. The smallest absolute Gasteiger partial charge is 0.408 e. The Morgan fingerprint density at radius 1 is 0.921 bits per heavy atom. The van der Waals surface area contributed by atoms with Gasteiger partial charge in [-0.3, -0.25) is 9.59 Å². The average Bonchev–Trinajstić information content (AvgIpc) is 3.63. The van der Waals surface area contributed by atoms with Crippen molar-refractivity contribution in [1.82, 2.24) is 10.2 Å². The minimum Gasteiger partial charge on any atom is -0.444 e. The molecule has 0 aromatic heterocycles. The summed E-state index contributed by atoms with van der Waals surface area (Å²) in [6, 6.07) is 9.98. The maximum atomic E-state index is 14.2. The number of amides is 3. The summed E-state index contributed by atoms with van der Waals surface area (Å²) in [5.41, 5.74) is 4.86. The highest BCUT2D eigenvalue weighted by molar-refractivity contribution is 6.00. The highest BCUT2D eigenvalue weighted by Gasteiger charge is 2.45. The zero-order valence-electron chi connectivity index (χ0n) is 24.3. The molecule has 0 bridgehead atoms. The van der Waals surface area contributed by atoms with Gasteiger partial charge in [-0.25, -0.2) is 4.79 Å². The zero-order chi connectivity index (χ0) is 28.4. The van der Waals surface area contributed by atoms with Crippen molar-refractivity contribution in [2.75, 3.05) is 5.32 Å². The van der Waals surface area contributed by atoms with Gasteiger partial charge in [0.05, 0.1) is 0 Å². The van der Waals surface area contributed by atoms with Gasteiger partial charge in [0.15, 0.2) is 0 Å². The van der Waals surface area contributed by atoms with Crippen molar-refractivity contribution in [3.05, 3.63) is 64.2 Å². The van der Waals surface area contributed by atoms with Crippen molar-refractivity contribution in [3.8, 4) is 0 Å². The van der Waals surface area contributed by atoms with Gasteiger partial charge < -0.3 is 20.3 Å². The number of aryl methyl sites for hydroxylation is 4. The summed E-state index contributed by atoms with van der Waals surface area (Å²) in [6.07, 6.45) is 0.963. The van der Waals surface area contributed by atoms with Gasteiger partial charge in [-0.2, -0.15) is 0 Å². The minimum atomic E-state index is -0.852. The van der Waals surface area contributed by atoms with Gasteiger partial charge in [-0.05, 0) is 95.0 Å². The van der Waals surface area contributed by atoms with Gasteiger partial charge in [0, 0.05) is 11.7 Å². The Hall–Kier alpha value is -3.35. The van der Waals surface area contributed by atoms with E-state index in [4.69, 9.17) is 4.74 Å². The van der Waals surface area contributed by atoms with Gasteiger partial charge in [0.1, 0.15) is 17.7 Å². The molecule has 0 spiro atoms. The molecule has 7 nitrogen and oxygen atoms in total. The van der Waals surface area contributed by atoms with E-state index in [-0.39, 0.29) is 23.8 Å². The van der Waals surface area contributed by atoms with E-state index in [1.54, 1.807) is 25.7 Å². The number of nitrogens with zero attached hydrogens (tertiary/aromatic N) is 1. The van der Waals surface area contributed by atoms with Crippen molar-refractivity contribution >= 4 is 23.6 Å². The molecule has 1 saturated carbocycles. The van der Waals surface area contributed by atoms with Crippen molar-refractivity contribution in [2.24, 2.45) is 5.92 Å². The Balaban J connectivity index is 2.04. The number of ether oxygens (including phenoxy) is 1. The van der Waals surface area contributed by atoms with E-state index < -0.39 is 23.8 Å². The maximum absolute atomic E-state index is 14.2. The molecule has 1 aliphatic carbocycles. The summed E-state index contributed by atoms with van der Waals surface area (Å²) in [5.74, 6) is -0.766. The van der Waals surface area contributed by atoms with Crippen LogP contribution in [-0.4, -0.2) is 40.5 Å². The quantitative estimate of drug-likeness (QED) is 0.437. The van der Waals surface area contributed by atoms with E-state index >= 15 is 0 Å². The molecule has 3 rings (SSSR count). The Morgan fingerprint density at radius 3 is 2.03 bits per heavy atom. The number of anilines is 1. The molecule has 0 heterocycles. The normalized spacial score (nSPS) is 15.0. The van der Waals surface area contributed by atoms with E-state index in [1.165, 1.54) is 0 Å². The highest BCUT2D eigenvalue weighted by atomic mass is 16.6. The maximum Gasteiger partial charge on any atom is 0.408 e. The Kier molecular flexibility index (Phi) is 8.90. The third kappa shape index (κ3) is 7.15. The van der Waals surface area contributed by atoms with Crippen LogP contribution in [0.2, 0.25) is 0 Å². The molecule has 2 atom stereocenters. The van der Waals surface area contributed by atoms with Crippen LogP contribution >= 0.6 is 0 Å². The number of benzene rings is 2. The predicted octanol–water partition coefficient (Wildman–Crippen LogP) is 6.14. The van der Waals surface area contributed by atoms with Gasteiger partial charge in [0.25, 0.3) is 5.91 Å². The summed E-state index contributed by atoms with van der Waals surface area (Å²) in [7, 11) is 0.